The van der Waals surface area contributed by atoms with Crippen molar-refractivity contribution in [3.8, 4) is 0 Å². The summed E-state index contributed by atoms with van der Waals surface area (Å²) >= 11 is 0. The fraction of sp³-hybridized carbons (Fsp3) is 0.300. The lowest BCUT2D eigenvalue weighted by Crippen LogP contribution is -2.45. The fourth-order valence-corrected chi connectivity index (χ4v) is 2.95. The van der Waals surface area contributed by atoms with Crippen LogP contribution in [0.1, 0.15) is 11.1 Å². The standard InChI is InChI=1S/C20H25N3/c21-20-11-5-4-10-19(20)17-23-15-13-22(14-16-23)12-6-9-18-7-2-1-3-8-18/h1-11H,12-17,21H2. The maximum atomic E-state index is 6.04. The highest BCUT2D eigenvalue weighted by Crippen LogP contribution is 2.14. The second-order valence-electron chi connectivity index (χ2n) is 6.09. The molecule has 2 aromatic carbocycles. The van der Waals surface area contributed by atoms with Gasteiger partial charge in [-0.3, -0.25) is 9.80 Å². The zero-order valence-electron chi connectivity index (χ0n) is 13.6. The molecule has 120 valence electrons. The average Bonchev–Trinajstić information content (AvgIpc) is 2.59. The molecule has 1 aliphatic heterocycles. The van der Waals surface area contributed by atoms with Crippen molar-refractivity contribution in [1.82, 2.24) is 9.80 Å². The van der Waals surface area contributed by atoms with Crippen LogP contribution in [0.25, 0.3) is 6.08 Å². The zero-order chi connectivity index (χ0) is 15.9. The van der Waals surface area contributed by atoms with Gasteiger partial charge in [0, 0.05) is 45.0 Å². The maximum Gasteiger partial charge on any atom is 0.0359 e. The summed E-state index contributed by atoms with van der Waals surface area (Å²) in [6.45, 7) is 6.43. The number of nitrogens with zero attached hydrogens (tertiary/aromatic N) is 2. The molecule has 2 aromatic rings. The minimum atomic E-state index is 0.903. The van der Waals surface area contributed by atoms with Crippen molar-refractivity contribution < 1.29 is 0 Å². The summed E-state index contributed by atoms with van der Waals surface area (Å²) in [4.78, 5) is 4.99. The van der Waals surface area contributed by atoms with E-state index in [1.165, 1.54) is 11.1 Å². The van der Waals surface area contributed by atoms with Gasteiger partial charge in [0.1, 0.15) is 0 Å². The van der Waals surface area contributed by atoms with Gasteiger partial charge in [-0.05, 0) is 17.2 Å². The molecular weight excluding hydrogens is 282 g/mol. The maximum absolute atomic E-state index is 6.04. The van der Waals surface area contributed by atoms with E-state index in [9.17, 15) is 0 Å². The van der Waals surface area contributed by atoms with Crippen LogP contribution in [0.4, 0.5) is 5.69 Å². The van der Waals surface area contributed by atoms with Gasteiger partial charge in [-0.15, -0.1) is 0 Å². The van der Waals surface area contributed by atoms with Gasteiger partial charge in [-0.25, -0.2) is 0 Å². The lowest BCUT2D eigenvalue weighted by atomic mass is 10.1. The van der Waals surface area contributed by atoms with E-state index in [0.29, 0.717) is 0 Å². The topological polar surface area (TPSA) is 32.5 Å². The number of hydrogen-bond acceptors (Lipinski definition) is 3. The van der Waals surface area contributed by atoms with E-state index in [1.54, 1.807) is 0 Å². The predicted molar refractivity (Wildman–Crippen MR) is 98.0 cm³/mol. The lowest BCUT2D eigenvalue weighted by Gasteiger charge is -2.34. The molecule has 0 unspecified atom stereocenters. The first kappa shape index (κ1) is 15.8. The van der Waals surface area contributed by atoms with E-state index in [4.69, 9.17) is 5.73 Å². The lowest BCUT2D eigenvalue weighted by molar-refractivity contribution is 0.137. The molecule has 0 amide bonds. The first-order valence-corrected chi connectivity index (χ1v) is 8.31. The third-order valence-electron chi connectivity index (χ3n) is 4.39. The summed E-state index contributed by atoms with van der Waals surface area (Å²) in [7, 11) is 0. The summed E-state index contributed by atoms with van der Waals surface area (Å²) in [6.07, 6.45) is 4.47. The Hall–Kier alpha value is -2.10. The third-order valence-corrected chi connectivity index (χ3v) is 4.39. The van der Waals surface area contributed by atoms with Gasteiger partial charge in [0.15, 0.2) is 0 Å². The van der Waals surface area contributed by atoms with E-state index < -0.39 is 0 Å². The van der Waals surface area contributed by atoms with Crippen LogP contribution in [0.5, 0.6) is 0 Å². The minimum absolute atomic E-state index is 0.903. The molecule has 2 N–H and O–H groups in total. The summed E-state index contributed by atoms with van der Waals surface area (Å²) < 4.78 is 0. The molecule has 0 spiro atoms. The van der Waals surface area contributed by atoms with Gasteiger partial charge >= 0.3 is 0 Å². The van der Waals surface area contributed by atoms with E-state index in [0.717, 1.165) is 45.0 Å². The molecule has 0 radical (unpaired) electrons. The number of nitrogens with two attached hydrogens (primary N) is 1. The molecule has 3 heteroatoms. The van der Waals surface area contributed by atoms with Crippen LogP contribution < -0.4 is 5.73 Å². The molecule has 1 aliphatic rings. The quantitative estimate of drug-likeness (QED) is 0.862. The van der Waals surface area contributed by atoms with E-state index >= 15 is 0 Å². The van der Waals surface area contributed by atoms with Crippen molar-refractivity contribution in [2.45, 2.75) is 6.54 Å². The van der Waals surface area contributed by atoms with E-state index in [1.807, 2.05) is 12.1 Å². The van der Waals surface area contributed by atoms with Crippen LogP contribution in [0, 0.1) is 0 Å². The number of hydrogen-bond donors (Lipinski definition) is 1. The second kappa shape index (κ2) is 7.95. The van der Waals surface area contributed by atoms with Crippen LogP contribution in [-0.2, 0) is 6.54 Å². The van der Waals surface area contributed by atoms with Crippen LogP contribution in [0.2, 0.25) is 0 Å². The van der Waals surface area contributed by atoms with E-state index in [-0.39, 0.29) is 0 Å². The number of nitrogen functional groups attached to an aromatic ring is 1. The molecule has 0 aromatic heterocycles. The van der Waals surface area contributed by atoms with Crippen molar-refractivity contribution in [3.05, 3.63) is 71.8 Å². The summed E-state index contributed by atoms with van der Waals surface area (Å²) in [6, 6.07) is 18.7. The van der Waals surface area contributed by atoms with Crippen molar-refractivity contribution in [3.63, 3.8) is 0 Å². The van der Waals surface area contributed by atoms with Crippen molar-refractivity contribution >= 4 is 11.8 Å². The Morgan fingerprint density at radius 2 is 1.48 bits per heavy atom. The molecule has 1 heterocycles. The smallest absolute Gasteiger partial charge is 0.0359 e. The van der Waals surface area contributed by atoms with Crippen LogP contribution >= 0.6 is 0 Å². The number of rotatable bonds is 5. The Morgan fingerprint density at radius 3 is 2.22 bits per heavy atom. The largest absolute Gasteiger partial charge is 0.398 e. The Balaban J connectivity index is 1.44. The average molecular weight is 307 g/mol. The Kier molecular flexibility index (Phi) is 5.46. The number of para-hydroxylation sites is 1. The van der Waals surface area contributed by atoms with Gasteiger partial charge in [0.05, 0.1) is 0 Å². The highest BCUT2D eigenvalue weighted by molar-refractivity contribution is 5.48. The zero-order valence-corrected chi connectivity index (χ0v) is 13.6. The minimum Gasteiger partial charge on any atom is -0.398 e. The number of benzene rings is 2. The molecule has 1 saturated heterocycles. The summed E-state index contributed by atoms with van der Waals surface area (Å²) in [5.41, 5.74) is 9.45. The molecule has 3 rings (SSSR count). The SMILES string of the molecule is Nc1ccccc1CN1CCN(CC=Cc2ccccc2)CC1. The summed E-state index contributed by atoms with van der Waals surface area (Å²) in [5.74, 6) is 0. The highest BCUT2D eigenvalue weighted by Gasteiger charge is 2.16. The number of piperazine rings is 1. The number of anilines is 1. The van der Waals surface area contributed by atoms with Gasteiger partial charge in [0.2, 0.25) is 0 Å². The van der Waals surface area contributed by atoms with Crippen molar-refractivity contribution in [2.24, 2.45) is 0 Å². The molecule has 1 fully saturated rings. The first-order chi connectivity index (χ1) is 11.3. The Bertz CT molecular complexity index is 628. The molecule has 0 atom stereocenters. The van der Waals surface area contributed by atoms with Crippen LogP contribution in [0.15, 0.2) is 60.7 Å². The van der Waals surface area contributed by atoms with Crippen LogP contribution in [0.3, 0.4) is 0 Å². The molecule has 23 heavy (non-hydrogen) atoms. The normalized spacial score (nSPS) is 16.9. The van der Waals surface area contributed by atoms with Gasteiger partial charge in [0.25, 0.3) is 0 Å². The molecule has 0 aliphatic carbocycles. The monoisotopic (exact) mass is 307 g/mol. The van der Waals surface area contributed by atoms with Crippen molar-refractivity contribution in [2.75, 3.05) is 38.5 Å². The van der Waals surface area contributed by atoms with Gasteiger partial charge < -0.3 is 5.73 Å². The Labute approximate surface area is 139 Å². The molecular formula is C20H25N3. The third kappa shape index (κ3) is 4.68. The predicted octanol–water partition coefficient (Wildman–Crippen LogP) is 3.10. The summed E-state index contributed by atoms with van der Waals surface area (Å²) in [5, 5.41) is 0. The fourth-order valence-electron chi connectivity index (χ4n) is 2.95. The molecule has 3 nitrogen and oxygen atoms in total. The van der Waals surface area contributed by atoms with Gasteiger partial charge in [-0.1, -0.05) is 60.7 Å². The molecule has 0 saturated carbocycles. The van der Waals surface area contributed by atoms with Gasteiger partial charge in [-0.2, -0.15) is 0 Å². The van der Waals surface area contributed by atoms with Crippen LogP contribution in [-0.4, -0.2) is 42.5 Å². The second-order valence-corrected chi connectivity index (χ2v) is 6.09. The molecule has 0 bridgehead atoms. The Morgan fingerprint density at radius 1 is 0.826 bits per heavy atom. The van der Waals surface area contributed by atoms with Crippen molar-refractivity contribution in [1.29, 1.82) is 0 Å². The van der Waals surface area contributed by atoms with E-state index in [2.05, 4.69) is 64.4 Å². The first-order valence-electron chi connectivity index (χ1n) is 8.31. The highest BCUT2D eigenvalue weighted by atomic mass is 15.3.